The number of benzene rings is 1. The number of amides is 1. The number of nitrogens with zero attached hydrogens (tertiary/aromatic N) is 1. The summed E-state index contributed by atoms with van der Waals surface area (Å²) in [6, 6.07) is 7.30. The summed E-state index contributed by atoms with van der Waals surface area (Å²) in [5.41, 5.74) is 1.96. The molecule has 1 aromatic heterocycles. The van der Waals surface area contributed by atoms with E-state index < -0.39 is 17.9 Å². The van der Waals surface area contributed by atoms with Crippen molar-refractivity contribution in [3.63, 3.8) is 0 Å². The highest BCUT2D eigenvalue weighted by Gasteiger charge is 2.30. The number of H-pyrrole nitrogens is 1. The SMILES string of the molecule is CC[C@H](C(=O)C[C@@H](Cc1c[nH]c2ccccc12)C(=O)OC)N(C)C(C)=O. The number of ether oxygens (including phenoxy) is 1. The summed E-state index contributed by atoms with van der Waals surface area (Å²) < 4.78 is 4.91. The van der Waals surface area contributed by atoms with Crippen LogP contribution in [0.3, 0.4) is 0 Å². The number of hydrogen-bond acceptors (Lipinski definition) is 4. The number of Topliss-reactive ketones (excluding diaryl/α,β-unsaturated/α-hetero) is 1. The lowest BCUT2D eigenvalue weighted by atomic mass is 9.91. The number of hydrogen-bond donors (Lipinski definition) is 1. The maximum Gasteiger partial charge on any atom is 0.309 e. The smallest absolute Gasteiger partial charge is 0.309 e. The molecule has 2 aromatic rings. The van der Waals surface area contributed by atoms with Gasteiger partial charge >= 0.3 is 5.97 Å². The van der Waals surface area contributed by atoms with Gasteiger partial charge in [-0.25, -0.2) is 0 Å². The molecule has 0 saturated carbocycles. The van der Waals surface area contributed by atoms with Gasteiger partial charge in [-0.1, -0.05) is 25.1 Å². The number of carbonyl (C=O) groups excluding carboxylic acids is 3. The van der Waals surface area contributed by atoms with Crippen LogP contribution in [0.5, 0.6) is 0 Å². The first-order valence-corrected chi connectivity index (χ1v) is 8.77. The Labute approximate surface area is 153 Å². The number of nitrogens with one attached hydrogen (secondary N) is 1. The van der Waals surface area contributed by atoms with Crippen LogP contribution in [0.25, 0.3) is 10.9 Å². The Morgan fingerprint density at radius 1 is 1.23 bits per heavy atom. The number of esters is 1. The van der Waals surface area contributed by atoms with Gasteiger partial charge < -0.3 is 14.6 Å². The number of methoxy groups -OCH3 is 1. The number of para-hydroxylation sites is 1. The van der Waals surface area contributed by atoms with Crippen LogP contribution >= 0.6 is 0 Å². The largest absolute Gasteiger partial charge is 0.469 e. The van der Waals surface area contributed by atoms with Gasteiger partial charge in [-0.15, -0.1) is 0 Å². The molecule has 0 aliphatic rings. The number of ketones is 1. The van der Waals surface area contributed by atoms with Gasteiger partial charge in [-0.3, -0.25) is 14.4 Å². The highest BCUT2D eigenvalue weighted by molar-refractivity contribution is 5.91. The molecule has 0 fully saturated rings. The summed E-state index contributed by atoms with van der Waals surface area (Å²) in [6.07, 6.45) is 2.82. The first kappa shape index (κ1) is 19.7. The van der Waals surface area contributed by atoms with Crippen molar-refractivity contribution in [2.45, 2.75) is 39.2 Å². The molecule has 6 heteroatoms. The summed E-state index contributed by atoms with van der Waals surface area (Å²) in [6.45, 7) is 3.29. The maximum atomic E-state index is 12.7. The minimum Gasteiger partial charge on any atom is -0.469 e. The van der Waals surface area contributed by atoms with Crippen molar-refractivity contribution in [3.05, 3.63) is 36.0 Å². The minimum atomic E-state index is -0.582. The second-order valence-corrected chi connectivity index (χ2v) is 6.51. The van der Waals surface area contributed by atoms with E-state index in [9.17, 15) is 14.4 Å². The van der Waals surface area contributed by atoms with Crippen LogP contribution < -0.4 is 0 Å². The van der Waals surface area contributed by atoms with Crippen LogP contribution in [-0.2, 0) is 25.5 Å². The van der Waals surface area contributed by atoms with E-state index in [4.69, 9.17) is 4.74 Å². The summed E-state index contributed by atoms with van der Waals surface area (Å²) in [5, 5.41) is 1.03. The number of carbonyl (C=O) groups is 3. The normalized spacial score (nSPS) is 13.2. The molecule has 0 saturated heterocycles. The molecule has 26 heavy (non-hydrogen) atoms. The zero-order chi connectivity index (χ0) is 19.3. The Morgan fingerprint density at radius 3 is 2.54 bits per heavy atom. The molecule has 1 amide bonds. The van der Waals surface area contributed by atoms with Crippen LogP contribution in [0.2, 0.25) is 0 Å². The lowest BCUT2D eigenvalue weighted by Gasteiger charge is -2.26. The van der Waals surface area contributed by atoms with Gasteiger partial charge in [0.05, 0.1) is 19.1 Å². The highest BCUT2D eigenvalue weighted by atomic mass is 16.5. The molecule has 0 aliphatic heterocycles. The third-order valence-corrected chi connectivity index (χ3v) is 4.85. The Morgan fingerprint density at radius 2 is 1.92 bits per heavy atom. The van der Waals surface area contributed by atoms with Crippen LogP contribution in [0.15, 0.2) is 30.5 Å². The number of aromatic nitrogens is 1. The zero-order valence-corrected chi connectivity index (χ0v) is 15.7. The van der Waals surface area contributed by atoms with Gasteiger partial charge in [-0.05, 0) is 24.5 Å². The van der Waals surface area contributed by atoms with E-state index in [1.54, 1.807) is 7.05 Å². The predicted octanol–water partition coefficient (Wildman–Crippen LogP) is 2.72. The fourth-order valence-corrected chi connectivity index (χ4v) is 3.29. The molecule has 0 aliphatic carbocycles. The van der Waals surface area contributed by atoms with Gasteiger partial charge in [0.1, 0.15) is 0 Å². The highest BCUT2D eigenvalue weighted by Crippen LogP contribution is 2.24. The van der Waals surface area contributed by atoms with Crippen molar-refractivity contribution in [1.82, 2.24) is 9.88 Å². The quantitative estimate of drug-likeness (QED) is 0.736. The Kier molecular flexibility index (Phi) is 6.55. The molecule has 0 bridgehead atoms. The van der Waals surface area contributed by atoms with Crippen molar-refractivity contribution in [1.29, 1.82) is 0 Å². The maximum absolute atomic E-state index is 12.7. The van der Waals surface area contributed by atoms with E-state index in [1.807, 2.05) is 37.4 Å². The molecule has 2 atom stereocenters. The number of likely N-dealkylation sites (N-methyl/N-ethyl adjacent to an activating group) is 1. The molecular weight excluding hydrogens is 332 g/mol. The molecule has 2 rings (SSSR count). The molecule has 140 valence electrons. The van der Waals surface area contributed by atoms with Gasteiger partial charge in [-0.2, -0.15) is 0 Å². The van der Waals surface area contributed by atoms with Gasteiger partial charge in [0, 0.05) is 37.5 Å². The molecule has 1 N–H and O–H groups in total. The lowest BCUT2D eigenvalue weighted by molar-refractivity contribution is -0.148. The number of rotatable bonds is 8. The molecule has 0 unspecified atom stereocenters. The minimum absolute atomic E-state index is 0.0440. The van der Waals surface area contributed by atoms with E-state index in [1.165, 1.54) is 18.9 Å². The molecule has 0 spiro atoms. The summed E-state index contributed by atoms with van der Waals surface area (Å²) in [5.74, 6) is -1.29. The molecular formula is C20H26N2O4. The second-order valence-electron chi connectivity index (χ2n) is 6.51. The van der Waals surface area contributed by atoms with E-state index in [0.29, 0.717) is 12.8 Å². The standard InChI is InChI=1S/C20H26N2O4/c1-5-18(22(3)13(2)23)19(24)11-14(20(25)26-4)10-15-12-21-17-9-7-6-8-16(15)17/h6-9,12,14,18,21H,5,10-11H2,1-4H3/t14-,18-/m1/s1. The van der Waals surface area contributed by atoms with Crippen LogP contribution in [0, 0.1) is 5.92 Å². The fourth-order valence-electron chi connectivity index (χ4n) is 3.29. The van der Waals surface area contributed by atoms with Gasteiger partial charge in [0.2, 0.25) is 5.91 Å². The molecule has 1 aromatic carbocycles. The Hall–Kier alpha value is -2.63. The van der Waals surface area contributed by atoms with Crippen LogP contribution in [-0.4, -0.2) is 47.7 Å². The summed E-state index contributed by atoms with van der Waals surface area (Å²) in [7, 11) is 2.94. The van der Waals surface area contributed by atoms with Crippen LogP contribution in [0.4, 0.5) is 0 Å². The number of aromatic amines is 1. The molecule has 0 radical (unpaired) electrons. The van der Waals surface area contributed by atoms with E-state index in [-0.39, 0.29) is 18.1 Å². The molecule has 1 heterocycles. The second kappa shape index (κ2) is 8.65. The van der Waals surface area contributed by atoms with Gasteiger partial charge in [0.15, 0.2) is 5.78 Å². The first-order chi connectivity index (χ1) is 12.4. The van der Waals surface area contributed by atoms with Gasteiger partial charge in [0.25, 0.3) is 0 Å². The third kappa shape index (κ3) is 4.31. The third-order valence-electron chi connectivity index (χ3n) is 4.85. The lowest BCUT2D eigenvalue weighted by Crippen LogP contribution is -2.42. The van der Waals surface area contributed by atoms with Crippen molar-refractivity contribution < 1.29 is 19.1 Å². The number of fused-ring (bicyclic) bond motifs is 1. The Balaban J connectivity index is 2.21. The monoisotopic (exact) mass is 358 g/mol. The fraction of sp³-hybridized carbons (Fsp3) is 0.450. The van der Waals surface area contributed by atoms with Crippen LogP contribution in [0.1, 0.15) is 32.3 Å². The first-order valence-electron chi connectivity index (χ1n) is 8.77. The zero-order valence-electron chi connectivity index (χ0n) is 15.7. The Bertz CT molecular complexity index is 796. The predicted molar refractivity (Wildman–Crippen MR) is 99.7 cm³/mol. The topological polar surface area (TPSA) is 79.5 Å². The van der Waals surface area contributed by atoms with Crippen molar-refractivity contribution in [3.8, 4) is 0 Å². The van der Waals surface area contributed by atoms with E-state index >= 15 is 0 Å². The summed E-state index contributed by atoms with van der Waals surface area (Å²) in [4.78, 5) is 41.2. The van der Waals surface area contributed by atoms with E-state index in [2.05, 4.69) is 4.98 Å². The van der Waals surface area contributed by atoms with Crippen molar-refractivity contribution in [2.75, 3.05) is 14.2 Å². The average molecular weight is 358 g/mol. The van der Waals surface area contributed by atoms with E-state index in [0.717, 1.165) is 16.5 Å². The summed E-state index contributed by atoms with van der Waals surface area (Å²) >= 11 is 0. The molecule has 6 nitrogen and oxygen atoms in total. The average Bonchev–Trinajstić information content (AvgIpc) is 3.04. The van der Waals surface area contributed by atoms with Crippen molar-refractivity contribution in [2.24, 2.45) is 5.92 Å². The van der Waals surface area contributed by atoms with Crippen molar-refractivity contribution >= 4 is 28.6 Å².